The molecule has 0 radical (unpaired) electrons. The first-order valence-electron chi connectivity index (χ1n) is 15.3. The fourth-order valence-electron chi connectivity index (χ4n) is 5.41. The average Bonchev–Trinajstić information content (AvgIpc) is 3.03. The summed E-state index contributed by atoms with van der Waals surface area (Å²) in [6, 6.07) is 36.4. The van der Waals surface area contributed by atoms with Gasteiger partial charge in [0, 0.05) is 40.4 Å². The molecule has 0 saturated carbocycles. The van der Waals surface area contributed by atoms with Crippen LogP contribution < -0.4 is 5.43 Å². The summed E-state index contributed by atoms with van der Waals surface area (Å²) >= 11 is 3.82. The van der Waals surface area contributed by atoms with Crippen molar-refractivity contribution < 1.29 is 0 Å². The van der Waals surface area contributed by atoms with E-state index in [1.54, 1.807) is 0 Å². The lowest BCUT2D eigenvalue weighted by Gasteiger charge is -2.13. The number of benzene rings is 4. The van der Waals surface area contributed by atoms with Gasteiger partial charge in [-0.05, 0) is 103 Å². The molecule has 220 valence electrons. The highest BCUT2D eigenvalue weighted by molar-refractivity contribution is 8.00. The summed E-state index contributed by atoms with van der Waals surface area (Å²) in [4.78, 5) is 16.4. The maximum atomic E-state index is 13.9. The molecule has 0 aliphatic carbocycles. The molecular formula is C39H41NOS2. The fourth-order valence-corrected chi connectivity index (χ4v) is 7.49. The van der Waals surface area contributed by atoms with Gasteiger partial charge in [-0.2, -0.15) is 0 Å². The minimum atomic E-state index is 0.0937. The first kappa shape index (κ1) is 31.0. The van der Waals surface area contributed by atoms with Crippen molar-refractivity contribution in [3.63, 3.8) is 0 Å². The molecule has 1 aromatic heterocycles. The maximum Gasteiger partial charge on any atom is 0.197 e. The maximum absolute atomic E-state index is 13.9. The third-order valence-corrected chi connectivity index (χ3v) is 9.85. The van der Waals surface area contributed by atoms with Crippen LogP contribution >= 0.6 is 23.5 Å². The van der Waals surface area contributed by atoms with Gasteiger partial charge in [-0.25, -0.2) is 0 Å². The van der Waals surface area contributed by atoms with Gasteiger partial charge in [0.05, 0.1) is 0 Å². The van der Waals surface area contributed by atoms with Crippen molar-refractivity contribution in [2.75, 3.05) is 11.5 Å². The van der Waals surface area contributed by atoms with Gasteiger partial charge in [-0.15, -0.1) is 23.5 Å². The number of rotatable bonds is 14. The Hall–Kier alpha value is -3.47. The van der Waals surface area contributed by atoms with Crippen molar-refractivity contribution in [3.8, 4) is 22.3 Å². The topological polar surface area (TPSA) is 22.0 Å². The molecule has 0 fully saturated rings. The zero-order valence-corrected chi connectivity index (χ0v) is 26.9. The van der Waals surface area contributed by atoms with E-state index in [4.69, 9.17) is 0 Å². The van der Waals surface area contributed by atoms with E-state index in [0.29, 0.717) is 0 Å². The highest BCUT2D eigenvalue weighted by Crippen LogP contribution is 2.33. The van der Waals surface area contributed by atoms with Gasteiger partial charge in [0.1, 0.15) is 0 Å². The van der Waals surface area contributed by atoms with E-state index < -0.39 is 0 Å². The Balaban J connectivity index is 1.33. The second-order valence-corrected chi connectivity index (χ2v) is 13.5. The van der Waals surface area contributed by atoms with Crippen LogP contribution in [0, 0.1) is 6.92 Å². The summed E-state index contributed by atoms with van der Waals surface area (Å²) in [6.45, 7) is 2.07. The van der Waals surface area contributed by atoms with Gasteiger partial charge >= 0.3 is 0 Å². The lowest BCUT2D eigenvalue weighted by molar-refractivity contribution is 0.802. The summed E-state index contributed by atoms with van der Waals surface area (Å²) in [5, 5.41) is 0. The Kier molecular flexibility index (Phi) is 11.4. The smallest absolute Gasteiger partial charge is 0.197 e. The predicted octanol–water partition coefficient (Wildman–Crippen LogP) is 10.3. The van der Waals surface area contributed by atoms with Crippen molar-refractivity contribution in [1.82, 2.24) is 4.57 Å². The largest absolute Gasteiger partial charge is 0.356 e. The summed E-state index contributed by atoms with van der Waals surface area (Å²) < 4.78 is 2.03. The lowest BCUT2D eigenvalue weighted by Crippen LogP contribution is -2.12. The molecule has 0 N–H and O–H groups in total. The van der Waals surface area contributed by atoms with Crippen LogP contribution in [-0.4, -0.2) is 16.1 Å². The molecule has 4 heteroatoms. The summed E-state index contributed by atoms with van der Waals surface area (Å²) in [5.41, 5.74) is 7.56. The molecule has 0 saturated heterocycles. The second-order valence-electron chi connectivity index (χ2n) is 11.2. The van der Waals surface area contributed by atoms with Crippen LogP contribution in [-0.2, 0) is 19.9 Å². The summed E-state index contributed by atoms with van der Waals surface area (Å²) in [5.74, 6) is 2.14. The highest BCUT2D eigenvalue weighted by atomic mass is 32.2. The van der Waals surface area contributed by atoms with Crippen molar-refractivity contribution in [1.29, 1.82) is 0 Å². The SMILES string of the molecule is Cc1ccccc1-c1cn(C)cc(-c2cc(SCCCCc3ccccc3)cc(SCCCCc3ccccc3)c2)c1=O. The second kappa shape index (κ2) is 15.8. The molecule has 0 unspecified atom stereocenters. The van der Waals surface area contributed by atoms with Crippen LogP contribution in [0.15, 0.2) is 130 Å². The van der Waals surface area contributed by atoms with E-state index in [1.807, 2.05) is 65.7 Å². The molecule has 5 aromatic rings. The van der Waals surface area contributed by atoms with Crippen molar-refractivity contribution in [3.05, 3.63) is 142 Å². The molecule has 0 bridgehead atoms. The number of hydrogen-bond acceptors (Lipinski definition) is 3. The molecule has 0 aliphatic rings. The predicted molar refractivity (Wildman–Crippen MR) is 187 cm³/mol. The van der Waals surface area contributed by atoms with Crippen LogP contribution in [0.25, 0.3) is 22.3 Å². The zero-order valence-electron chi connectivity index (χ0n) is 25.3. The molecule has 43 heavy (non-hydrogen) atoms. The molecule has 0 amide bonds. The minimum absolute atomic E-state index is 0.0937. The molecule has 5 rings (SSSR count). The van der Waals surface area contributed by atoms with Crippen LogP contribution in [0.1, 0.15) is 42.4 Å². The van der Waals surface area contributed by atoms with E-state index in [-0.39, 0.29) is 5.43 Å². The molecule has 0 aliphatic heterocycles. The Bertz CT molecular complexity index is 1590. The monoisotopic (exact) mass is 603 g/mol. The lowest BCUT2D eigenvalue weighted by atomic mass is 9.98. The molecular weight excluding hydrogens is 563 g/mol. The van der Waals surface area contributed by atoms with Gasteiger partial charge in [-0.3, -0.25) is 4.79 Å². The van der Waals surface area contributed by atoms with E-state index in [2.05, 4.69) is 91.9 Å². The normalized spacial score (nSPS) is 11.1. The van der Waals surface area contributed by atoms with Crippen LogP contribution in [0.4, 0.5) is 0 Å². The quantitative estimate of drug-likeness (QED) is 0.0931. The van der Waals surface area contributed by atoms with E-state index in [0.717, 1.165) is 65.0 Å². The van der Waals surface area contributed by atoms with Gasteiger partial charge in [0.15, 0.2) is 5.43 Å². The molecule has 0 atom stereocenters. The number of hydrogen-bond donors (Lipinski definition) is 0. The van der Waals surface area contributed by atoms with Gasteiger partial charge in [0.25, 0.3) is 0 Å². The highest BCUT2D eigenvalue weighted by Gasteiger charge is 2.14. The number of aromatic nitrogens is 1. The van der Waals surface area contributed by atoms with Crippen LogP contribution in [0.3, 0.4) is 0 Å². The van der Waals surface area contributed by atoms with Crippen molar-refractivity contribution in [2.24, 2.45) is 7.05 Å². The first-order chi connectivity index (χ1) is 21.1. The number of pyridine rings is 1. The third kappa shape index (κ3) is 9.01. The number of nitrogens with zero attached hydrogens (tertiary/aromatic N) is 1. The van der Waals surface area contributed by atoms with Crippen molar-refractivity contribution >= 4 is 23.5 Å². The summed E-state index contributed by atoms with van der Waals surface area (Å²) in [7, 11) is 2.01. The van der Waals surface area contributed by atoms with E-state index in [1.165, 1.54) is 33.8 Å². The standard InChI is InChI=1S/C39H41NOS2/c1-30-15-9-10-22-36(30)38-29-40(2)28-37(39(38)41)33-25-34(42-23-13-11-20-31-16-5-3-6-17-31)27-35(26-33)43-24-14-12-21-32-18-7-4-8-19-32/h3-10,15-19,22,25-29H,11-14,20-21,23-24H2,1-2H3. The first-order valence-corrected chi connectivity index (χ1v) is 17.3. The fraction of sp³-hybridized carbons (Fsp3) is 0.256. The van der Waals surface area contributed by atoms with E-state index >= 15 is 0 Å². The molecule has 1 heterocycles. The van der Waals surface area contributed by atoms with Crippen LogP contribution in [0.5, 0.6) is 0 Å². The number of unbranched alkanes of at least 4 members (excludes halogenated alkanes) is 2. The summed E-state index contributed by atoms with van der Waals surface area (Å²) in [6.07, 6.45) is 10.9. The van der Waals surface area contributed by atoms with Gasteiger partial charge in [-0.1, -0.05) is 84.9 Å². The zero-order chi connectivity index (χ0) is 29.9. The minimum Gasteiger partial charge on any atom is -0.356 e. The van der Waals surface area contributed by atoms with Crippen molar-refractivity contribution in [2.45, 2.75) is 55.2 Å². The van der Waals surface area contributed by atoms with E-state index in [9.17, 15) is 4.79 Å². The average molecular weight is 604 g/mol. The third-order valence-electron chi connectivity index (χ3n) is 7.72. The van der Waals surface area contributed by atoms with Gasteiger partial charge in [0.2, 0.25) is 0 Å². The molecule has 4 aromatic carbocycles. The Morgan fingerprint density at radius 1 is 0.581 bits per heavy atom. The van der Waals surface area contributed by atoms with Crippen LogP contribution in [0.2, 0.25) is 0 Å². The number of thioether (sulfide) groups is 2. The Labute approximate surface area is 265 Å². The van der Waals surface area contributed by atoms with Gasteiger partial charge < -0.3 is 4.57 Å². The Morgan fingerprint density at radius 2 is 1.09 bits per heavy atom. The molecule has 0 spiro atoms. The molecule has 2 nitrogen and oxygen atoms in total. The number of aryl methyl sites for hydroxylation is 4. The Morgan fingerprint density at radius 3 is 1.65 bits per heavy atom.